The van der Waals surface area contributed by atoms with Crippen LogP contribution in [0.2, 0.25) is 0 Å². The maximum Gasteiger partial charge on any atom is 0.306 e. The van der Waals surface area contributed by atoms with Gasteiger partial charge in [-0.25, -0.2) is 0 Å². The molecule has 1 rings (SSSR count). The molecule has 0 radical (unpaired) electrons. The Bertz CT molecular complexity index is 241. The van der Waals surface area contributed by atoms with Crippen molar-refractivity contribution >= 4 is 18.4 Å². The van der Waals surface area contributed by atoms with Crippen LogP contribution in [0.5, 0.6) is 0 Å². The fraction of sp³-hybridized carbons (Fsp3) is 0.571. The van der Waals surface area contributed by atoms with E-state index in [0.29, 0.717) is 0 Å². The lowest BCUT2D eigenvalue weighted by molar-refractivity contribution is -0.141. The van der Waals surface area contributed by atoms with E-state index in [9.17, 15) is 13.6 Å². The van der Waals surface area contributed by atoms with Crippen LogP contribution in [0.4, 0.5) is 8.78 Å². The van der Waals surface area contributed by atoms with Crippen LogP contribution in [-0.4, -0.2) is 17.1 Å². The average molecular weight is 214 g/mol. The molecule has 1 saturated carbocycles. The van der Waals surface area contributed by atoms with Crippen LogP contribution >= 0.6 is 12.4 Å². The van der Waals surface area contributed by atoms with E-state index in [1.54, 1.807) is 0 Å². The Kier molecular flexibility index (Phi) is 4.29. The predicted octanol–water partition coefficient (Wildman–Crippen LogP) is 1.38. The molecule has 0 unspecified atom stereocenters. The summed E-state index contributed by atoms with van der Waals surface area (Å²) >= 11 is 0. The van der Waals surface area contributed by atoms with E-state index in [-0.39, 0.29) is 30.8 Å². The SMILES string of the molecule is Cl.N[C@H]1C[C@@H](C(=O)O)CC1=C(F)F. The van der Waals surface area contributed by atoms with Gasteiger partial charge in [-0.2, -0.15) is 8.78 Å². The monoisotopic (exact) mass is 213 g/mol. The molecule has 6 heteroatoms. The molecular formula is C7H10ClF2NO2. The smallest absolute Gasteiger partial charge is 0.306 e. The van der Waals surface area contributed by atoms with E-state index in [1.165, 1.54) is 0 Å². The van der Waals surface area contributed by atoms with Gasteiger partial charge in [0.05, 0.1) is 5.92 Å². The van der Waals surface area contributed by atoms with Crippen LogP contribution in [0.25, 0.3) is 0 Å². The van der Waals surface area contributed by atoms with Gasteiger partial charge in [0, 0.05) is 11.6 Å². The molecule has 1 aliphatic carbocycles. The van der Waals surface area contributed by atoms with Crippen molar-refractivity contribution in [1.29, 1.82) is 0 Å². The number of hydrogen-bond acceptors (Lipinski definition) is 2. The Hall–Kier alpha value is -0.680. The first-order chi connectivity index (χ1) is 5.52. The zero-order chi connectivity index (χ0) is 9.30. The number of rotatable bonds is 1. The summed E-state index contributed by atoms with van der Waals surface area (Å²) in [7, 11) is 0. The zero-order valence-electron chi connectivity index (χ0n) is 6.67. The van der Waals surface area contributed by atoms with Crippen molar-refractivity contribution in [3.05, 3.63) is 11.7 Å². The lowest BCUT2D eigenvalue weighted by Crippen LogP contribution is -2.19. The van der Waals surface area contributed by atoms with Crippen molar-refractivity contribution < 1.29 is 18.7 Å². The second kappa shape index (κ2) is 4.53. The van der Waals surface area contributed by atoms with Gasteiger partial charge in [0.1, 0.15) is 0 Å². The van der Waals surface area contributed by atoms with Crippen molar-refractivity contribution in [3.63, 3.8) is 0 Å². The summed E-state index contributed by atoms with van der Waals surface area (Å²) in [5.41, 5.74) is 5.10. The fourth-order valence-corrected chi connectivity index (χ4v) is 1.35. The molecule has 13 heavy (non-hydrogen) atoms. The van der Waals surface area contributed by atoms with Crippen LogP contribution in [0, 0.1) is 5.92 Å². The van der Waals surface area contributed by atoms with Crippen molar-refractivity contribution in [3.8, 4) is 0 Å². The predicted molar refractivity (Wildman–Crippen MR) is 44.8 cm³/mol. The molecule has 0 amide bonds. The molecule has 0 heterocycles. The molecule has 2 atom stereocenters. The highest BCUT2D eigenvalue weighted by Crippen LogP contribution is 2.32. The summed E-state index contributed by atoms with van der Waals surface area (Å²) < 4.78 is 24.1. The van der Waals surface area contributed by atoms with E-state index in [1.807, 2.05) is 0 Å². The molecule has 0 bridgehead atoms. The van der Waals surface area contributed by atoms with Crippen molar-refractivity contribution in [1.82, 2.24) is 0 Å². The van der Waals surface area contributed by atoms with Crippen LogP contribution in [0.3, 0.4) is 0 Å². The Balaban J connectivity index is 0.00000144. The normalized spacial score (nSPS) is 26.8. The molecule has 3 nitrogen and oxygen atoms in total. The number of carboxylic acids is 1. The first kappa shape index (κ1) is 12.3. The third-order valence-corrected chi connectivity index (χ3v) is 2.04. The second-order valence-electron chi connectivity index (χ2n) is 2.87. The summed E-state index contributed by atoms with van der Waals surface area (Å²) in [6.45, 7) is 0. The molecule has 3 N–H and O–H groups in total. The summed E-state index contributed by atoms with van der Waals surface area (Å²) in [6.07, 6.45) is -1.83. The largest absolute Gasteiger partial charge is 0.481 e. The second-order valence-corrected chi connectivity index (χ2v) is 2.87. The van der Waals surface area contributed by atoms with Gasteiger partial charge >= 0.3 is 5.97 Å². The number of halogens is 3. The minimum Gasteiger partial charge on any atom is -0.481 e. The van der Waals surface area contributed by atoms with Crippen LogP contribution < -0.4 is 5.73 Å². The molecule has 0 spiro atoms. The highest BCUT2D eigenvalue weighted by atomic mass is 35.5. The quantitative estimate of drug-likeness (QED) is 0.692. The third-order valence-electron chi connectivity index (χ3n) is 2.04. The maximum absolute atomic E-state index is 12.0. The van der Waals surface area contributed by atoms with Gasteiger partial charge in [-0.05, 0) is 12.8 Å². The molecule has 0 aliphatic heterocycles. The topological polar surface area (TPSA) is 63.3 Å². The lowest BCUT2D eigenvalue weighted by Gasteiger charge is -2.00. The summed E-state index contributed by atoms with van der Waals surface area (Å²) in [4.78, 5) is 10.4. The van der Waals surface area contributed by atoms with Crippen LogP contribution in [0.1, 0.15) is 12.8 Å². The minimum absolute atomic E-state index is 0. The van der Waals surface area contributed by atoms with Gasteiger partial charge in [0.15, 0.2) is 0 Å². The van der Waals surface area contributed by atoms with Gasteiger partial charge in [0.25, 0.3) is 6.08 Å². The average Bonchev–Trinajstić information content (AvgIpc) is 2.30. The lowest BCUT2D eigenvalue weighted by atomic mass is 10.1. The molecular weight excluding hydrogens is 204 g/mol. The Morgan fingerprint density at radius 2 is 2.08 bits per heavy atom. The molecule has 0 aromatic carbocycles. The molecule has 1 aliphatic rings. The van der Waals surface area contributed by atoms with Crippen molar-refractivity contribution in [2.75, 3.05) is 0 Å². The number of carboxylic acid groups (broad SMARTS) is 1. The van der Waals surface area contributed by atoms with Gasteiger partial charge in [-0.15, -0.1) is 12.4 Å². The highest BCUT2D eigenvalue weighted by Gasteiger charge is 2.34. The summed E-state index contributed by atoms with van der Waals surface area (Å²) in [5, 5.41) is 8.51. The Morgan fingerprint density at radius 3 is 2.31 bits per heavy atom. The minimum atomic E-state index is -1.83. The highest BCUT2D eigenvalue weighted by molar-refractivity contribution is 5.85. The van der Waals surface area contributed by atoms with Gasteiger partial charge in [0.2, 0.25) is 0 Å². The summed E-state index contributed by atoms with van der Waals surface area (Å²) in [6, 6.07) is -0.781. The number of nitrogens with two attached hydrogens (primary N) is 1. The van der Waals surface area contributed by atoms with Gasteiger partial charge in [-0.3, -0.25) is 4.79 Å². The van der Waals surface area contributed by atoms with Crippen molar-refractivity contribution in [2.24, 2.45) is 11.7 Å². The molecule has 76 valence electrons. The molecule has 1 fully saturated rings. The molecule has 0 saturated heterocycles. The maximum atomic E-state index is 12.0. The molecule has 0 aromatic rings. The standard InChI is InChI=1S/C7H9F2NO2.ClH/c8-6(9)4-1-3(7(11)12)2-5(4)10;/h3,5H,1-2,10H2,(H,11,12);1H/t3-,5-;/m0./s1. The first-order valence-electron chi connectivity index (χ1n) is 3.54. The zero-order valence-corrected chi connectivity index (χ0v) is 7.48. The molecule has 0 aromatic heterocycles. The number of hydrogen-bond donors (Lipinski definition) is 2. The van der Waals surface area contributed by atoms with E-state index in [0.717, 1.165) is 0 Å². The Labute approximate surface area is 80.0 Å². The van der Waals surface area contributed by atoms with Gasteiger partial charge in [-0.1, -0.05) is 0 Å². The van der Waals surface area contributed by atoms with Gasteiger partial charge < -0.3 is 10.8 Å². The summed E-state index contributed by atoms with van der Waals surface area (Å²) in [5.74, 6) is -1.79. The third kappa shape index (κ3) is 2.63. The van der Waals surface area contributed by atoms with Crippen molar-refractivity contribution in [2.45, 2.75) is 18.9 Å². The number of carbonyl (C=O) groups is 1. The Morgan fingerprint density at radius 1 is 1.54 bits per heavy atom. The van der Waals surface area contributed by atoms with E-state index in [4.69, 9.17) is 10.8 Å². The fourth-order valence-electron chi connectivity index (χ4n) is 1.35. The van der Waals surface area contributed by atoms with E-state index in [2.05, 4.69) is 0 Å². The number of aliphatic carboxylic acids is 1. The van der Waals surface area contributed by atoms with Crippen LogP contribution in [-0.2, 0) is 4.79 Å². The van der Waals surface area contributed by atoms with Crippen LogP contribution in [0.15, 0.2) is 11.7 Å². The van der Waals surface area contributed by atoms with E-state index < -0.39 is 24.0 Å². The first-order valence-corrected chi connectivity index (χ1v) is 3.54. The van der Waals surface area contributed by atoms with E-state index >= 15 is 0 Å².